The number of nitrogens with one attached hydrogen (secondary N) is 2. The Kier molecular flexibility index (Phi) is 8.10. The number of thiazole rings is 1. The topological polar surface area (TPSA) is 75.7 Å². The fourth-order valence-corrected chi connectivity index (χ4v) is 5.25. The number of nitrogens with zero attached hydrogens (tertiary/aromatic N) is 2. The number of carbonyl (C=O) groups excluding carboxylic acids is 1. The molecule has 0 spiro atoms. The number of rotatable bonds is 7. The molecule has 2 amide bonds. The van der Waals surface area contributed by atoms with Crippen LogP contribution in [-0.2, 0) is 4.74 Å². The predicted molar refractivity (Wildman–Crippen MR) is 134 cm³/mol. The molecule has 2 heterocycles. The van der Waals surface area contributed by atoms with Gasteiger partial charge in [0.1, 0.15) is 17.7 Å². The third-order valence-electron chi connectivity index (χ3n) is 5.51. The van der Waals surface area contributed by atoms with Crippen LogP contribution in [0.3, 0.4) is 0 Å². The second-order valence-electron chi connectivity index (χ2n) is 7.96. The largest absolute Gasteiger partial charge is 0.486 e. The maximum atomic E-state index is 13.9. The van der Waals surface area contributed by atoms with Crippen molar-refractivity contribution in [2.75, 3.05) is 44.7 Å². The molecule has 0 saturated carbocycles. The standard InChI is InChI=1S/C23H25Cl2FN4O3S/c1-13-11-17-19(12-18(13)33-14(2)20-15(24)3-4-16(26)21(20)25)34-23(28-17)29-22(31)27-5-6-30-7-9-32-10-8-30/h3-4,11-12,14H,5-10H2,1-2H3,(H2,27,28,29,31). The summed E-state index contributed by atoms with van der Waals surface area (Å²) in [5.74, 6) is 0.0478. The Bertz CT molecular complexity index is 1190. The lowest BCUT2D eigenvalue weighted by Crippen LogP contribution is -2.42. The van der Waals surface area contributed by atoms with Crippen LogP contribution in [-0.4, -0.2) is 55.3 Å². The number of anilines is 1. The fourth-order valence-electron chi connectivity index (χ4n) is 3.70. The third kappa shape index (κ3) is 5.90. The number of hydrogen-bond acceptors (Lipinski definition) is 6. The molecule has 4 rings (SSSR count). The molecule has 3 aromatic rings. The quantitative estimate of drug-likeness (QED) is 0.389. The molecule has 34 heavy (non-hydrogen) atoms. The van der Waals surface area contributed by atoms with Gasteiger partial charge >= 0.3 is 6.03 Å². The number of urea groups is 1. The van der Waals surface area contributed by atoms with E-state index in [1.54, 1.807) is 6.92 Å². The molecular formula is C23H25Cl2FN4O3S. The molecule has 0 radical (unpaired) electrons. The monoisotopic (exact) mass is 526 g/mol. The van der Waals surface area contributed by atoms with Crippen LogP contribution >= 0.6 is 34.5 Å². The molecule has 1 fully saturated rings. The van der Waals surface area contributed by atoms with Gasteiger partial charge in [0, 0.05) is 36.8 Å². The number of aryl methyl sites for hydroxylation is 1. The highest BCUT2D eigenvalue weighted by Crippen LogP contribution is 2.37. The average molecular weight is 527 g/mol. The van der Waals surface area contributed by atoms with E-state index in [2.05, 4.69) is 20.5 Å². The molecular weight excluding hydrogens is 502 g/mol. The van der Waals surface area contributed by atoms with Crippen LogP contribution in [0.1, 0.15) is 24.2 Å². The van der Waals surface area contributed by atoms with Crippen molar-refractivity contribution in [1.82, 2.24) is 15.2 Å². The highest BCUT2D eigenvalue weighted by atomic mass is 35.5. The summed E-state index contributed by atoms with van der Waals surface area (Å²) >= 11 is 13.7. The van der Waals surface area contributed by atoms with Crippen molar-refractivity contribution in [2.45, 2.75) is 20.0 Å². The van der Waals surface area contributed by atoms with Crippen LogP contribution in [0, 0.1) is 12.7 Å². The van der Waals surface area contributed by atoms with Gasteiger partial charge in [0.15, 0.2) is 5.13 Å². The van der Waals surface area contributed by atoms with Crippen LogP contribution in [0.2, 0.25) is 10.0 Å². The Labute approximate surface area is 211 Å². The van der Waals surface area contributed by atoms with Gasteiger partial charge in [-0.2, -0.15) is 0 Å². The molecule has 1 saturated heterocycles. The smallest absolute Gasteiger partial charge is 0.321 e. The number of morpholine rings is 1. The second-order valence-corrected chi connectivity index (χ2v) is 9.77. The van der Waals surface area contributed by atoms with Gasteiger partial charge in [-0.05, 0) is 43.7 Å². The predicted octanol–water partition coefficient (Wildman–Crippen LogP) is 5.64. The van der Waals surface area contributed by atoms with Crippen molar-refractivity contribution in [3.05, 3.63) is 51.3 Å². The average Bonchev–Trinajstić information content (AvgIpc) is 3.18. The maximum absolute atomic E-state index is 13.9. The summed E-state index contributed by atoms with van der Waals surface area (Å²) < 4.78 is 26.2. The molecule has 182 valence electrons. The highest BCUT2D eigenvalue weighted by molar-refractivity contribution is 7.22. The van der Waals surface area contributed by atoms with E-state index >= 15 is 0 Å². The molecule has 1 aromatic heterocycles. The summed E-state index contributed by atoms with van der Waals surface area (Å²) in [6, 6.07) is 6.11. The first kappa shape index (κ1) is 24.9. The molecule has 11 heteroatoms. The number of aromatic nitrogens is 1. The van der Waals surface area contributed by atoms with Gasteiger partial charge in [-0.15, -0.1) is 0 Å². The van der Waals surface area contributed by atoms with Crippen molar-refractivity contribution < 1.29 is 18.7 Å². The highest BCUT2D eigenvalue weighted by Gasteiger charge is 2.20. The molecule has 1 aliphatic heterocycles. The number of ether oxygens (including phenoxy) is 2. The third-order valence-corrected chi connectivity index (χ3v) is 7.16. The zero-order valence-corrected chi connectivity index (χ0v) is 21.1. The normalized spacial score (nSPS) is 15.3. The number of carbonyl (C=O) groups is 1. The van der Waals surface area contributed by atoms with Crippen LogP contribution < -0.4 is 15.4 Å². The molecule has 2 N–H and O–H groups in total. The van der Waals surface area contributed by atoms with E-state index < -0.39 is 11.9 Å². The van der Waals surface area contributed by atoms with E-state index in [9.17, 15) is 9.18 Å². The number of amides is 2. The van der Waals surface area contributed by atoms with Crippen molar-refractivity contribution in [3.63, 3.8) is 0 Å². The maximum Gasteiger partial charge on any atom is 0.321 e. The van der Waals surface area contributed by atoms with Crippen molar-refractivity contribution >= 4 is 55.9 Å². The molecule has 1 unspecified atom stereocenters. The van der Waals surface area contributed by atoms with E-state index in [1.807, 2.05) is 19.1 Å². The Balaban J connectivity index is 1.40. The number of halogens is 3. The van der Waals surface area contributed by atoms with Crippen molar-refractivity contribution in [3.8, 4) is 5.75 Å². The van der Waals surface area contributed by atoms with Crippen molar-refractivity contribution in [1.29, 1.82) is 0 Å². The number of hydrogen-bond donors (Lipinski definition) is 2. The Morgan fingerprint density at radius 2 is 2.09 bits per heavy atom. The van der Waals surface area contributed by atoms with Crippen LogP contribution in [0.15, 0.2) is 24.3 Å². The van der Waals surface area contributed by atoms with Gasteiger partial charge in [-0.1, -0.05) is 34.5 Å². The van der Waals surface area contributed by atoms with E-state index in [1.165, 1.54) is 23.5 Å². The number of benzene rings is 2. The van der Waals surface area contributed by atoms with E-state index in [0.29, 0.717) is 28.0 Å². The SMILES string of the molecule is Cc1cc2nc(NC(=O)NCCN3CCOCC3)sc2cc1OC(C)c1c(Cl)ccc(F)c1Cl. The van der Waals surface area contributed by atoms with Crippen LogP contribution in [0.5, 0.6) is 5.75 Å². The summed E-state index contributed by atoms with van der Waals surface area (Å²) in [5.41, 5.74) is 1.98. The van der Waals surface area contributed by atoms with Crippen LogP contribution in [0.25, 0.3) is 10.2 Å². The summed E-state index contributed by atoms with van der Waals surface area (Å²) in [4.78, 5) is 19.0. The summed E-state index contributed by atoms with van der Waals surface area (Å²) in [6.07, 6.45) is -0.574. The Morgan fingerprint density at radius 1 is 1.32 bits per heavy atom. The zero-order chi connectivity index (χ0) is 24.2. The Morgan fingerprint density at radius 3 is 2.85 bits per heavy atom. The molecule has 1 aliphatic rings. The zero-order valence-electron chi connectivity index (χ0n) is 18.8. The van der Waals surface area contributed by atoms with Crippen LogP contribution in [0.4, 0.5) is 14.3 Å². The Hall–Kier alpha value is -2.17. The molecule has 0 bridgehead atoms. The minimum Gasteiger partial charge on any atom is -0.486 e. The van der Waals surface area contributed by atoms with E-state index in [4.69, 9.17) is 32.7 Å². The van der Waals surface area contributed by atoms with E-state index in [0.717, 1.165) is 48.6 Å². The van der Waals surface area contributed by atoms with Gasteiger partial charge in [0.2, 0.25) is 0 Å². The second kappa shape index (κ2) is 11.0. The van der Waals surface area contributed by atoms with E-state index in [-0.39, 0.29) is 11.1 Å². The summed E-state index contributed by atoms with van der Waals surface area (Å²) in [6.45, 7) is 8.17. The van der Waals surface area contributed by atoms with Gasteiger partial charge in [-0.25, -0.2) is 14.2 Å². The minimum absolute atomic E-state index is 0.0531. The lowest BCUT2D eigenvalue weighted by atomic mass is 10.1. The summed E-state index contributed by atoms with van der Waals surface area (Å²) in [7, 11) is 0. The minimum atomic E-state index is -0.574. The van der Waals surface area contributed by atoms with Crippen molar-refractivity contribution in [2.24, 2.45) is 0 Å². The molecule has 7 nitrogen and oxygen atoms in total. The molecule has 0 aliphatic carbocycles. The van der Waals surface area contributed by atoms with Gasteiger partial charge in [0.05, 0.1) is 28.5 Å². The first-order valence-corrected chi connectivity index (χ1v) is 12.4. The summed E-state index contributed by atoms with van der Waals surface area (Å²) in [5, 5.41) is 6.42. The van der Waals surface area contributed by atoms with Gasteiger partial charge < -0.3 is 14.8 Å². The molecule has 1 atom stereocenters. The lowest BCUT2D eigenvalue weighted by Gasteiger charge is -2.26. The van der Waals surface area contributed by atoms with Gasteiger partial charge in [0.25, 0.3) is 0 Å². The van der Waals surface area contributed by atoms with Gasteiger partial charge in [-0.3, -0.25) is 10.2 Å². The fraction of sp³-hybridized carbons (Fsp3) is 0.391. The first-order valence-electron chi connectivity index (χ1n) is 10.9. The number of fused-ring (bicyclic) bond motifs is 1. The lowest BCUT2D eigenvalue weighted by molar-refractivity contribution is 0.0388. The molecule has 2 aromatic carbocycles. The first-order chi connectivity index (χ1) is 16.3.